The van der Waals surface area contributed by atoms with Crippen molar-refractivity contribution in [2.75, 3.05) is 0 Å². The van der Waals surface area contributed by atoms with Crippen LogP contribution in [0.3, 0.4) is 0 Å². The maximum absolute atomic E-state index is 6.89. The van der Waals surface area contributed by atoms with E-state index in [0.29, 0.717) is 0 Å². The normalized spacial score (nSPS) is 12.0. The zero-order chi connectivity index (χ0) is 12.3. The molecule has 0 aromatic heterocycles. The molecule has 0 heterocycles. The second kappa shape index (κ2) is 11.2. The van der Waals surface area contributed by atoms with Crippen molar-refractivity contribution in [3.8, 4) is 0 Å². The van der Waals surface area contributed by atoms with E-state index in [4.69, 9.17) is 8.92 Å². The molecule has 0 rings (SSSR count). The van der Waals surface area contributed by atoms with Crippen LogP contribution in [0.15, 0.2) is 0 Å². The predicted molar refractivity (Wildman–Crippen MR) is 80.0 cm³/mol. The Kier molecular flexibility index (Phi) is 12.0. The van der Waals surface area contributed by atoms with Crippen LogP contribution in [0.25, 0.3) is 0 Å². The van der Waals surface area contributed by atoms with Gasteiger partial charge >= 0.3 is 112 Å². The molecule has 0 saturated heterocycles. The summed E-state index contributed by atoms with van der Waals surface area (Å²) in [5, 5.41) is 0. The number of hydrogen-bond acceptors (Lipinski definition) is 0. The number of hydrogen-bond donors (Lipinski definition) is 0. The van der Waals surface area contributed by atoms with E-state index >= 15 is 0 Å². The van der Waals surface area contributed by atoms with Crippen molar-refractivity contribution in [3.63, 3.8) is 0 Å². The minimum atomic E-state index is -2.10. The van der Waals surface area contributed by atoms with Crippen molar-refractivity contribution in [2.24, 2.45) is 0 Å². The van der Waals surface area contributed by atoms with E-state index in [2.05, 4.69) is 20.8 Å². The van der Waals surface area contributed by atoms with Crippen LogP contribution in [0.5, 0.6) is 0 Å². The fourth-order valence-electron chi connectivity index (χ4n) is 2.49. The molecule has 0 unspecified atom stereocenters. The third-order valence-corrected chi connectivity index (χ3v) is 18.7. The Bertz CT molecular complexity index is 142. The van der Waals surface area contributed by atoms with Gasteiger partial charge < -0.3 is 0 Å². The first kappa shape index (κ1) is 17.1. The van der Waals surface area contributed by atoms with Crippen molar-refractivity contribution >= 4 is 26.2 Å². The van der Waals surface area contributed by atoms with Gasteiger partial charge in [-0.05, 0) is 0 Å². The molecule has 0 atom stereocenters. The summed E-state index contributed by atoms with van der Waals surface area (Å²) in [4.78, 5) is 0. The first-order valence-corrected chi connectivity index (χ1v) is 17.0. The topological polar surface area (TPSA) is 0 Å². The van der Waals surface area contributed by atoms with Crippen LogP contribution in [0.1, 0.15) is 72.1 Å². The minimum absolute atomic E-state index is 1.31. The molecule has 0 amide bonds. The molecule has 0 aromatic carbocycles. The summed E-state index contributed by atoms with van der Waals surface area (Å²) in [6, 6.07) is 0. The van der Waals surface area contributed by atoms with Crippen LogP contribution in [0.4, 0.5) is 0 Å². The molecule has 0 saturated carbocycles. The molecule has 0 aromatic rings. The predicted octanol–water partition coefficient (Wildman–Crippen LogP) is 6.35. The van der Waals surface area contributed by atoms with Gasteiger partial charge in [0.2, 0.25) is 0 Å². The molecule has 0 fully saturated rings. The Labute approximate surface area is 111 Å². The Hall–Kier alpha value is 1.09. The van der Waals surface area contributed by atoms with Crippen molar-refractivity contribution in [1.29, 1.82) is 0 Å². The summed E-state index contributed by atoms with van der Waals surface area (Å²) in [6.45, 7) is 6.87. The Balaban J connectivity index is 3.59. The molecule has 0 aliphatic heterocycles. The first-order chi connectivity index (χ1) is 7.68. The maximum atomic E-state index is 6.89. The molecule has 0 spiro atoms. The van der Waals surface area contributed by atoms with Gasteiger partial charge in [-0.3, -0.25) is 0 Å². The quantitative estimate of drug-likeness (QED) is 0.300. The van der Waals surface area contributed by atoms with E-state index in [1.54, 1.807) is 0 Å². The Morgan fingerprint density at radius 3 is 1.62 bits per heavy atom. The van der Waals surface area contributed by atoms with E-state index in [9.17, 15) is 0 Å². The molecular formula is C14H31ClSn. The summed E-state index contributed by atoms with van der Waals surface area (Å²) in [6.07, 6.45) is 11.1. The van der Waals surface area contributed by atoms with Crippen LogP contribution in [0.2, 0.25) is 13.3 Å². The number of halogens is 1. The van der Waals surface area contributed by atoms with Gasteiger partial charge in [-0.25, -0.2) is 0 Å². The second-order valence-corrected chi connectivity index (χ2v) is 21.4. The molecule has 0 N–H and O–H groups in total. The molecule has 0 radical (unpaired) electrons. The van der Waals surface area contributed by atoms with Gasteiger partial charge in [-0.2, -0.15) is 0 Å². The number of unbranched alkanes of at least 4 members (excludes halogenated alkanes) is 5. The summed E-state index contributed by atoms with van der Waals surface area (Å²) in [7, 11) is 6.89. The third kappa shape index (κ3) is 9.15. The van der Waals surface area contributed by atoms with Gasteiger partial charge in [0.15, 0.2) is 0 Å². The van der Waals surface area contributed by atoms with Crippen molar-refractivity contribution in [2.45, 2.75) is 85.4 Å². The third-order valence-electron chi connectivity index (χ3n) is 3.37. The van der Waals surface area contributed by atoms with E-state index in [1.807, 2.05) is 0 Å². The van der Waals surface area contributed by atoms with Crippen LogP contribution in [-0.2, 0) is 0 Å². The van der Waals surface area contributed by atoms with Gasteiger partial charge in [-0.1, -0.05) is 0 Å². The standard InChI is InChI=1S/C8H17.2C3H7.ClH.Sn/c1-3-5-7-8-6-4-2;2*1-3-2;;/h1,3-8H2,2H3;2*1,3H2,2H3;1H;/q;;;;+1/p-1. The van der Waals surface area contributed by atoms with Gasteiger partial charge in [0.05, 0.1) is 0 Å². The van der Waals surface area contributed by atoms with E-state index in [-0.39, 0.29) is 0 Å². The average molecular weight is 354 g/mol. The summed E-state index contributed by atoms with van der Waals surface area (Å²) in [5.74, 6) is 0. The average Bonchev–Trinajstić information content (AvgIpc) is 2.24. The first-order valence-electron chi connectivity index (χ1n) is 7.37. The van der Waals surface area contributed by atoms with Gasteiger partial charge in [0, 0.05) is 0 Å². The van der Waals surface area contributed by atoms with E-state index in [0.717, 1.165) is 0 Å². The van der Waals surface area contributed by atoms with E-state index in [1.165, 1.54) is 64.7 Å². The summed E-state index contributed by atoms with van der Waals surface area (Å²) in [5.41, 5.74) is 0. The molecule has 0 bridgehead atoms. The van der Waals surface area contributed by atoms with Crippen LogP contribution >= 0.6 is 8.92 Å². The van der Waals surface area contributed by atoms with E-state index < -0.39 is 17.3 Å². The van der Waals surface area contributed by atoms with Crippen LogP contribution in [-0.4, -0.2) is 17.3 Å². The molecule has 2 heteroatoms. The summed E-state index contributed by atoms with van der Waals surface area (Å²) >= 11 is -2.10. The molecule has 16 heavy (non-hydrogen) atoms. The van der Waals surface area contributed by atoms with Crippen molar-refractivity contribution < 1.29 is 0 Å². The number of rotatable bonds is 11. The van der Waals surface area contributed by atoms with Gasteiger partial charge in [-0.15, -0.1) is 0 Å². The zero-order valence-electron chi connectivity index (χ0n) is 11.7. The Morgan fingerprint density at radius 1 is 0.625 bits per heavy atom. The summed E-state index contributed by atoms with van der Waals surface area (Å²) < 4.78 is 4.24. The molecular weight excluding hydrogens is 322 g/mol. The van der Waals surface area contributed by atoms with Crippen LogP contribution < -0.4 is 0 Å². The molecule has 0 aliphatic rings. The van der Waals surface area contributed by atoms with Gasteiger partial charge in [0.25, 0.3) is 0 Å². The second-order valence-electron chi connectivity index (χ2n) is 5.17. The zero-order valence-corrected chi connectivity index (χ0v) is 15.3. The fraction of sp³-hybridized carbons (Fsp3) is 1.00. The van der Waals surface area contributed by atoms with Crippen molar-refractivity contribution in [1.82, 2.24) is 0 Å². The van der Waals surface area contributed by atoms with Crippen molar-refractivity contribution in [3.05, 3.63) is 0 Å². The van der Waals surface area contributed by atoms with Crippen LogP contribution in [0, 0.1) is 0 Å². The molecule has 98 valence electrons. The Morgan fingerprint density at radius 2 is 1.12 bits per heavy atom. The monoisotopic (exact) mass is 354 g/mol. The molecule has 0 nitrogen and oxygen atoms in total. The van der Waals surface area contributed by atoms with Gasteiger partial charge in [0.1, 0.15) is 0 Å². The fourth-order valence-corrected chi connectivity index (χ4v) is 15.7. The SMILES string of the molecule is CCCCCCC[CH2][Sn]([Cl])([CH2]CC)[CH2]CC. The molecule has 0 aliphatic carbocycles.